The van der Waals surface area contributed by atoms with Crippen molar-refractivity contribution in [2.45, 2.75) is 13.8 Å². The van der Waals surface area contributed by atoms with Gasteiger partial charge in [-0.15, -0.1) is 0 Å². The van der Waals surface area contributed by atoms with E-state index >= 15 is 0 Å². The number of carbonyl (C=O) groups is 1. The Morgan fingerprint density at radius 2 is 2.19 bits per heavy atom. The number of ether oxygens (including phenoxy) is 1. The van der Waals surface area contributed by atoms with Crippen LogP contribution in [0.25, 0.3) is 0 Å². The highest BCUT2D eigenvalue weighted by atomic mass is 16.5. The molecule has 0 spiro atoms. The van der Waals surface area contributed by atoms with Gasteiger partial charge < -0.3 is 15.8 Å². The summed E-state index contributed by atoms with van der Waals surface area (Å²) in [5.74, 6) is 0.701. The molecule has 0 saturated carbocycles. The summed E-state index contributed by atoms with van der Waals surface area (Å²) in [6.07, 6.45) is 0. The Kier molecular flexibility index (Phi) is 4.79. The molecule has 0 aliphatic carbocycles. The first-order valence-electron chi connectivity index (χ1n) is 5.31. The lowest BCUT2D eigenvalue weighted by molar-refractivity contribution is -0.119. The highest BCUT2D eigenvalue weighted by Gasteiger charge is 2.01. The lowest BCUT2D eigenvalue weighted by Crippen LogP contribution is -2.33. The van der Waals surface area contributed by atoms with Crippen LogP contribution in [0, 0.1) is 13.8 Å². The molecule has 0 aromatic heterocycles. The van der Waals surface area contributed by atoms with Gasteiger partial charge in [0.15, 0.2) is 0 Å². The van der Waals surface area contributed by atoms with Gasteiger partial charge in [0.25, 0.3) is 0 Å². The normalized spacial score (nSPS) is 9.94. The molecule has 0 unspecified atom stereocenters. The van der Waals surface area contributed by atoms with Gasteiger partial charge in [-0.25, -0.2) is 0 Å². The van der Waals surface area contributed by atoms with Crippen LogP contribution in [0.15, 0.2) is 18.2 Å². The summed E-state index contributed by atoms with van der Waals surface area (Å²) in [7, 11) is 0. The molecule has 0 atom stereocenters. The molecule has 0 saturated heterocycles. The molecule has 0 radical (unpaired) electrons. The first-order chi connectivity index (χ1) is 7.65. The largest absolute Gasteiger partial charge is 0.491 e. The van der Waals surface area contributed by atoms with Crippen molar-refractivity contribution in [3.63, 3.8) is 0 Å². The van der Waals surface area contributed by atoms with Gasteiger partial charge in [0, 0.05) is 0 Å². The third kappa shape index (κ3) is 3.55. The van der Waals surface area contributed by atoms with Crippen molar-refractivity contribution in [3.8, 4) is 5.75 Å². The van der Waals surface area contributed by atoms with Crippen LogP contribution < -0.4 is 15.8 Å². The number of rotatable bonds is 5. The standard InChI is InChI=1S/C12H18N2O2/c1-9-4-3-5-11(10(9)2)16-7-6-14-12(15)8-13/h3-5H,6-8,13H2,1-2H3,(H,14,15). The number of hydrogen-bond donors (Lipinski definition) is 2. The fourth-order valence-electron chi connectivity index (χ4n) is 1.30. The smallest absolute Gasteiger partial charge is 0.233 e. The molecule has 3 N–H and O–H groups in total. The highest BCUT2D eigenvalue weighted by Crippen LogP contribution is 2.20. The number of aryl methyl sites for hydroxylation is 1. The molecule has 1 aromatic rings. The zero-order valence-corrected chi connectivity index (χ0v) is 9.75. The molecule has 0 fully saturated rings. The monoisotopic (exact) mass is 222 g/mol. The SMILES string of the molecule is Cc1cccc(OCCNC(=O)CN)c1C. The molecule has 0 bridgehead atoms. The molecule has 1 amide bonds. The molecular formula is C12H18N2O2. The van der Waals surface area contributed by atoms with Crippen molar-refractivity contribution in [3.05, 3.63) is 29.3 Å². The highest BCUT2D eigenvalue weighted by molar-refractivity contribution is 5.77. The first-order valence-corrected chi connectivity index (χ1v) is 5.31. The van der Waals surface area contributed by atoms with Crippen LogP contribution in [0.3, 0.4) is 0 Å². The zero-order chi connectivity index (χ0) is 12.0. The van der Waals surface area contributed by atoms with E-state index in [9.17, 15) is 4.79 Å². The fraction of sp³-hybridized carbons (Fsp3) is 0.417. The zero-order valence-electron chi connectivity index (χ0n) is 9.75. The molecule has 16 heavy (non-hydrogen) atoms. The molecule has 1 aromatic carbocycles. The molecule has 0 aliphatic rings. The Morgan fingerprint density at radius 3 is 2.88 bits per heavy atom. The van der Waals surface area contributed by atoms with E-state index in [1.165, 1.54) is 5.56 Å². The first kappa shape index (κ1) is 12.5. The van der Waals surface area contributed by atoms with E-state index in [1.807, 2.05) is 32.0 Å². The van der Waals surface area contributed by atoms with Crippen molar-refractivity contribution in [1.29, 1.82) is 0 Å². The summed E-state index contributed by atoms with van der Waals surface area (Å²) in [6.45, 7) is 5.00. The summed E-state index contributed by atoms with van der Waals surface area (Å²) in [4.78, 5) is 10.9. The van der Waals surface area contributed by atoms with Crippen LogP contribution in [0.2, 0.25) is 0 Å². The molecule has 4 nitrogen and oxygen atoms in total. The minimum absolute atomic E-state index is 0.0173. The number of nitrogens with two attached hydrogens (primary N) is 1. The molecule has 88 valence electrons. The maximum Gasteiger partial charge on any atom is 0.233 e. The van der Waals surface area contributed by atoms with Crippen LogP contribution in [0.4, 0.5) is 0 Å². The van der Waals surface area contributed by atoms with E-state index in [2.05, 4.69) is 5.32 Å². The van der Waals surface area contributed by atoms with Crippen molar-refractivity contribution in [2.24, 2.45) is 5.73 Å². The Labute approximate surface area is 95.8 Å². The Morgan fingerprint density at radius 1 is 1.44 bits per heavy atom. The van der Waals surface area contributed by atoms with E-state index < -0.39 is 0 Å². The van der Waals surface area contributed by atoms with E-state index in [0.29, 0.717) is 13.2 Å². The molecular weight excluding hydrogens is 204 g/mol. The van der Waals surface area contributed by atoms with E-state index in [1.54, 1.807) is 0 Å². The van der Waals surface area contributed by atoms with Gasteiger partial charge in [0.05, 0.1) is 13.1 Å². The van der Waals surface area contributed by atoms with Gasteiger partial charge >= 0.3 is 0 Å². The van der Waals surface area contributed by atoms with Crippen LogP contribution >= 0.6 is 0 Å². The lowest BCUT2D eigenvalue weighted by Gasteiger charge is -2.11. The minimum Gasteiger partial charge on any atom is -0.491 e. The van der Waals surface area contributed by atoms with Gasteiger partial charge in [0.1, 0.15) is 12.4 Å². The summed E-state index contributed by atoms with van der Waals surface area (Å²) in [5.41, 5.74) is 7.49. The molecule has 4 heteroatoms. The predicted molar refractivity (Wildman–Crippen MR) is 63.5 cm³/mol. The van der Waals surface area contributed by atoms with E-state index in [0.717, 1.165) is 11.3 Å². The third-order valence-electron chi connectivity index (χ3n) is 2.42. The van der Waals surface area contributed by atoms with Crippen molar-refractivity contribution in [1.82, 2.24) is 5.32 Å². The van der Waals surface area contributed by atoms with Gasteiger partial charge in [-0.05, 0) is 31.0 Å². The topological polar surface area (TPSA) is 64.3 Å². The second-order valence-electron chi connectivity index (χ2n) is 3.60. The average Bonchev–Trinajstić information content (AvgIpc) is 2.29. The van der Waals surface area contributed by atoms with Gasteiger partial charge in [-0.2, -0.15) is 0 Å². The van der Waals surface area contributed by atoms with Gasteiger partial charge in [-0.3, -0.25) is 4.79 Å². The summed E-state index contributed by atoms with van der Waals surface area (Å²) >= 11 is 0. The Hall–Kier alpha value is -1.55. The van der Waals surface area contributed by atoms with Crippen molar-refractivity contribution in [2.75, 3.05) is 19.7 Å². The Bertz CT molecular complexity index is 364. The summed E-state index contributed by atoms with van der Waals surface area (Å²) in [6, 6.07) is 5.92. The predicted octanol–water partition coefficient (Wildman–Crippen LogP) is 0.757. The number of benzene rings is 1. The average molecular weight is 222 g/mol. The number of amides is 1. The van der Waals surface area contributed by atoms with Crippen LogP contribution in [0.5, 0.6) is 5.75 Å². The van der Waals surface area contributed by atoms with Crippen LogP contribution in [-0.4, -0.2) is 25.6 Å². The maximum atomic E-state index is 10.9. The van der Waals surface area contributed by atoms with Crippen molar-refractivity contribution < 1.29 is 9.53 Å². The van der Waals surface area contributed by atoms with E-state index in [4.69, 9.17) is 10.5 Å². The quantitative estimate of drug-likeness (QED) is 0.723. The summed E-state index contributed by atoms with van der Waals surface area (Å²) in [5, 5.41) is 2.65. The van der Waals surface area contributed by atoms with Crippen LogP contribution in [0.1, 0.15) is 11.1 Å². The van der Waals surface area contributed by atoms with E-state index in [-0.39, 0.29) is 12.5 Å². The summed E-state index contributed by atoms with van der Waals surface area (Å²) < 4.78 is 5.56. The number of nitrogens with one attached hydrogen (secondary N) is 1. The van der Waals surface area contributed by atoms with Gasteiger partial charge in [-0.1, -0.05) is 12.1 Å². The molecule has 0 heterocycles. The van der Waals surface area contributed by atoms with Crippen molar-refractivity contribution >= 4 is 5.91 Å². The van der Waals surface area contributed by atoms with Crippen LogP contribution in [-0.2, 0) is 4.79 Å². The Balaban J connectivity index is 2.38. The molecule has 0 aliphatic heterocycles. The number of carbonyl (C=O) groups excluding carboxylic acids is 1. The second kappa shape index (κ2) is 6.12. The minimum atomic E-state index is -0.162. The third-order valence-corrected chi connectivity index (χ3v) is 2.42. The van der Waals surface area contributed by atoms with Gasteiger partial charge in [0.2, 0.25) is 5.91 Å². The maximum absolute atomic E-state index is 10.9. The lowest BCUT2D eigenvalue weighted by atomic mass is 10.1. The number of hydrogen-bond acceptors (Lipinski definition) is 3. The fourth-order valence-corrected chi connectivity index (χ4v) is 1.30. The second-order valence-corrected chi connectivity index (χ2v) is 3.60. The molecule has 1 rings (SSSR count).